The second-order valence-corrected chi connectivity index (χ2v) is 10.6. The first kappa shape index (κ1) is 28.4. The molecule has 0 saturated heterocycles. The molecular formula is C27H39N3O4S. The van der Waals surface area contributed by atoms with Crippen LogP contribution in [-0.4, -0.2) is 34.1 Å². The number of rotatable bonds is 12. The third kappa shape index (κ3) is 8.71. The van der Waals surface area contributed by atoms with Gasteiger partial charge < -0.3 is 15.2 Å². The molecule has 2 aromatic rings. The number of allylic oxidation sites excluding steroid dienone is 2. The quantitative estimate of drug-likeness (QED) is 0.186. The molecule has 2 aromatic carbocycles. The monoisotopic (exact) mass is 501 g/mol. The molecule has 2 rings (SSSR count). The van der Waals surface area contributed by atoms with E-state index in [0.29, 0.717) is 36.5 Å². The van der Waals surface area contributed by atoms with Gasteiger partial charge in [0.1, 0.15) is 5.75 Å². The summed E-state index contributed by atoms with van der Waals surface area (Å²) in [5, 5.41) is 0. The third-order valence-electron chi connectivity index (χ3n) is 5.79. The largest absolute Gasteiger partial charge is 0.496 e. The van der Waals surface area contributed by atoms with Gasteiger partial charge in [-0.1, -0.05) is 42.0 Å². The summed E-state index contributed by atoms with van der Waals surface area (Å²) in [7, 11) is -2.35. The number of nitrogens with two attached hydrogens (primary N) is 1. The van der Waals surface area contributed by atoms with E-state index >= 15 is 0 Å². The Kier molecular flexibility index (Phi) is 10.8. The first-order chi connectivity index (χ1) is 16.5. The Morgan fingerprint density at radius 1 is 1.11 bits per heavy atom. The van der Waals surface area contributed by atoms with Crippen LogP contribution in [0.15, 0.2) is 57.9 Å². The Labute approximate surface area is 210 Å². The Balaban J connectivity index is 2.14. The first-order valence-corrected chi connectivity index (χ1v) is 13.3. The maximum Gasteiger partial charge on any atom is 0.264 e. The van der Waals surface area contributed by atoms with Crippen LogP contribution in [0.5, 0.6) is 5.75 Å². The number of sulfonamides is 1. The van der Waals surface area contributed by atoms with Crippen LogP contribution in [0.2, 0.25) is 0 Å². The molecular weight excluding hydrogens is 462 g/mol. The Hall–Kier alpha value is -2.84. The standard InChI is InChI=1S/C27H39N3O4S/c1-19(2)11-10-14-24(15-16-34-18-23-12-8-7-9-13-23)29-27(28)30-35(31,32)26-20(3)17-25(33-6)21(4)22(26)5/h7-9,11-13,17,24H,10,14-16,18H2,1-6H3,(H3,28,29,30)/t24-/m0/s1. The molecule has 0 amide bonds. The number of methoxy groups -OCH3 is 1. The zero-order valence-corrected chi connectivity index (χ0v) is 22.5. The van der Waals surface area contributed by atoms with Gasteiger partial charge in [-0.15, -0.1) is 0 Å². The summed E-state index contributed by atoms with van der Waals surface area (Å²) in [6, 6.07) is 11.5. The maximum absolute atomic E-state index is 13.2. The van der Waals surface area contributed by atoms with Crippen LogP contribution in [0.4, 0.5) is 0 Å². The summed E-state index contributed by atoms with van der Waals surface area (Å²) in [6.45, 7) is 10.4. The number of hydrogen-bond acceptors (Lipinski definition) is 5. The Bertz CT molecular complexity index is 1140. The van der Waals surface area contributed by atoms with Gasteiger partial charge >= 0.3 is 0 Å². The second kappa shape index (κ2) is 13.3. The second-order valence-electron chi connectivity index (χ2n) is 8.93. The molecule has 0 aliphatic rings. The summed E-state index contributed by atoms with van der Waals surface area (Å²) < 4.78 is 40.0. The molecule has 0 heterocycles. The van der Waals surface area contributed by atoms with E-state index in [2.05, 4.69) is 15.8 Å². The average molecular weight is 502 g/mol. The molecule has 8 heteroatoms. The fourth-order valence-corrected chi connectivity index (χ4v) is 5.35. The van der Waals surface area contributed by atoms with E-state index < -0.39 is 10.0 Å². The van der Waals surface area contributed by atoms with Gasteiger partial charge in [0.25, 0.3) is 10.0 Å². The van der Waals surface area contributed by atoms with Crippen LogP contribution >= 0.6 is 0 Å². The molecule has 0 aliphatic carbocycles. The van der Waals surface area contributed by atoms with Crippen molar-refractivity contribution in [3.05, 3.63) is 70.3 Å². The Morgan fingerprint density at radius 3 is 2.43 bits per heavy atom. The third-order valence-corrected chi connectivity index (χ3v) is 7.43. The number of benzene rings is 2. The minimum Gasteiger partial charge on any atom is -0.496 e. The van der Waals surface area contributed by atoms with Crippen molar-refractivity contribution >= 4 is 16.0 Å². The van der Waals surface area contributed by atoms with E-state index in [9.17, 15) is 8.42 Å². The van der Waals surface area contributed by atoms with Gasteiger partial charge in [0, 0.05) is 6.61 Å². The van der Waals surface area contributed by atoms with Gasteiger partial charge in [-0.2, -0.15) is 0 Å². The number of aryl methyl sites for hydroxylation is 1. The van der Waals surface area contributed by atoms with E-state index in [1.54, 1.807) is 27.0 Å². The van der Waals surface area contributed by atoms with Crippen LogP contribution in [-0.2, 0) is 21.4 Å². The summed E-state index contributed by atoms with van der Waals surface area (Å²) in [5.74, 6) is 0.526. The number of ether oxygens (including phenoxy) is 2. The predicted octanol–water partition coefficient (Wildman–Crippen LogP) is 4.94. The lowest BCUT2D eigenvalue weighted by atomic mass is 10.1. The lowest BCUT2D eigenvalue weighted by molar-refractivity contribution is 0.113. The summed E-state index contributed by atoms with van der Waals surface area (Å²) >= 11 is 0. The normalized spacial score (nSPS) is 12.8. The predicted molar refractivity (Wildman–Crippen MR) is 142 cm³/mol. The summed E-state index contributed by atoms with van der Waals surface area (Å²) in [6.07, 6.45) is 4.33. The molecule has 0 fully saturated rings. The Morgan fingerprint density at radius 2 is 1.80 bits per heavy atom. The van der Waals surface area contributed by atoms with Crippen molar-refractivity contribution < 1.29 is 17.9 Å². The molecule has 0 aromatic heterocycles. The maximum atomic E-state index is 13.2. The van der Waals surface area contributed by atoms with Gasteiger partial charge in [0.05, 0.1) is 24.7 Å². The molecule has 0 bridgehead atoms. The van der Waals surface area contributed by atoms with Crippen molar-refractivity contribution in [2.24, 2.45) is 10.7 Å². The van der Waals surface area contributed by atoms with Crippen molar-refractivity contribution in [3.8, 4) is 5.75 Å². The highest BCUT2D eigenvalue weighted by Gasteiger charge is 2.24. The molecule has 0 radical (unpaired) electrons. The smallest absolute Gasteiger partial charge is 0.264 e. The van der Waals surface area contributed by atoms with Gasteiger partial charge in [-0.05, 0) is 82.2 Å². The molecule has 0 aliphatic heterocycles. The van der Waals surface area contributed by atoms with Crippen LogP contribution in [0.1, 0.15) is 55.4 Å². The summed E-state index contributed by atoms with van der Waals surface area (Å²) in [4.78, 5) is 4.71. The van der Waals surface area contributed by atoms with E-state index in [4.69, 9.17) is 15.2 Å². The fourth-order valence-electron chi connectivity index (χ4n) is 3.88. The van der Waals surface area contributed by atoms with Crippen LogP contribution < -0.4 is 15.2 Å². The van der Waals surface area contributed by atoms with E-state index in [-0.39, 0.29) is 16.9 Å². The number of guanidine groups is 1. The summed E-state index contributed by atoms with van der Waals surface area (Å²) in [5.41, 5.74) is 10.4. The van der Waals surface area contributed by atoms with Gasteiger partial charge in [0.2, 0.25) is 5.96 Å². The van der Waals surface area contributed by atoms with E-state index in [0.717, 1.165) is 24.0 Å². The first-order valence-electron chi connectivity index (χ1n) is 11.8. The van der Waals surface area contributed by atoms with Crippen molar-refractivity contribution in [1.82, 2.24) is 4.72 Å². The molecule has 35 heavy (non-hydrogen) atoms. The minimum atomic E-state index is -3.91. The van der Waals surface area contributed by atoms with Crippen LogP contribution in [0.25, 0.3) is 0 Å². The lowest BCUT2D eigenvalue weighted by Gasteiger charge is -2.18. The van der Waals surface area contributed by atoms with Crippen molar-refractivity contribution in [2.75, 3.05) is 13.7 Å². The highest BCUT2D eigenvalue weighted by molar-refractivity contribution is 7.90. The molecule has 192 valence electrons. The molecule has 0 unspecified atom stereocenters. The molecule has 0 saturated carbocycles. The fraction of sp³-hybridized carbons (Fsp3) is 0.444. The number of aliphatic imine (C=N–C) groups is 1. The van der Waals surface area contributed by atoms with Gasteiger partial charge in [-0.25, -0.2) is 18.1 Å². The molecule has 7 nitrogen and oxygen atoms in total. The zero-order chi connectivity index (χ0) is 26.0. The number of nitrogens with zero attached hydrogens (tertiary/aromatic N) is 1. The van der Waals surface area contributed by atoms with Crippen molar-refractivity contribution in [3.63, 3.8) is 0 Å². The van der Waals surface area contributed by atoms with E-state index in [1.165, 1.54) is 5.57 Å². The molecule has 0 spiro atoms. The highest BCUT2D eigenvalue weighted by atomic mass is 32.2. The topological polar surface area (TPSA) is 103 Å². The van der Waals surface area contributed by atoms with Gasteiger partial charge in [-0.3, -0.25) is 0 Å². The molecule has 3 N–H and O–H groups in total. The van der Waals surface area contributed by atoms with Crippen molar-refractivity contribution in [2.45, 2.75) is 71.4 Å². The number of nitrogens with one attached hydrogen (secondary N) is 1. The van der Waals surface area contributed by atoms with Gasteiger partial charge in [0.15, 0.2) is 0 Å². The SMILES string of the molecule is COc1cc(C)c(S(=O)(=O)NC(N)=N[C@@H](CCC=C(C)C)CCOCc2ccccc2)c(C)c1C. The molecule has 1 atom stereocenters. The lowest BCUT2D eigenvalue weighted by Crippen LogP contribution is -2.38. The zero-order valence-electron chi connectivity index (χ0n) is 21.7. The minimum absolute atomic E-state index is 0.123. The van der Waals surface area contributed by atoms with Crippen LogP contribution in [0.3, 0.4) is 0 Å². The van der Waals surface area contributed by atoms with Crippen LogP contribution in [0, 0.1) is 20.8 Å². The van der Waals surface area contributed by atoms with Crippen molar-refractivity contribution in [1.29, 1.82) is 0 Å². The van der Waals surface area contributed by atoms with E-state index in [1.807, 2.05) is 51.1 Å². The number of hydrogen-bond donors (Lipinski definition) is 2. The highest BCUT2D eigenvalue weighted by Crippen LogP contribution is 2.30. The average Bonchev–Trinajstić information content (AvgIpc) is 2.78.